The second-order valence-electron chi connectivity index (χ2n) is 18.6. The van der Waals surface area contributed by atoms with Crippen LogP contribution in [0.15, 0.2) is 12.2 Å². The average Bonchev–Trinajstić information content (AvgIpc) is 3.17. The number of nitrogens with one attached hydrogen (secondary N) is 1. The third-order valence-electron chi connectivity index (χ3n) is 11.5. The summed E-state index contributed by atoms with van der Waals surface area (Å²) in [5, 5.41) is 13.8. The van der Waals surface area contributed by atoms with Gasteiger partial charge < -0.3 is 19.8 Å². The van der Waals surface area contributed by atoms with Crippen molar-refractivity contribution in [3.8, 4) is 0 Å². The lowest BCUT2D eigenvalue weighted by Crippen LogP contribution is -2.45. The number of aliphatic hydroxyl groups is 1. The van der Waals surface area contributed by atoms with E-state index in [2.05, 4.69) is 19.2 Å². The molecule has 0 aromatic carbocycles. The molecule has 0 saturated carbocycles. The Morgan fingerprint density at radius 2 is 0.914 bits per heavy atom. The van der Waals surface area contributed by atoms with Gasteiger partial charge in [-0.05, 0) is 19.3 Å². The van der Waals surface area contributed by atoms with Gasteiger partial charge in [0.1, 0.15) is 13.2 Å². The molecular weight excluding hydrogens is 744 g/mol. The topological polar surface area (TPSA) is 105 Å². The van der Waals surface area contributed by atoms with E-state index < -0.39 is 20.0 Å². The first kappa shape index (κ1) is 57.2. The molecule has 346 valence electrons. The van der Waals surface area contributed by atoms with Crippen LogP contribution < -0.4 is 5.32 Å². The third-order valence-corrected chi connectivity index (χ3v) is 12.5. The number of likely N-dealkylation sites (N-methyl/N-ethyl adjacent to an activating group) is 1. The normalized spacial score (nSPS) is 14.3. The maximum Gasteiger partial charge on any atom is 0.472 e. The minimum absolute atomic E-state index is 0.0645. The van der Waals surface area contributed by atoms with E-state index in [-0.39, 0.29) is 19.1 Å². The first-order valence-corrected chi connectivity index (χ1v) is 26.6. The SMILES string of the molecule is CCCCCCCCCC/C=C/[C@@H](O)[C@H](COP(=O)(O)OCC[N+](C)(C)C)NC(=O)CCCCCCCCCCCCCCCCCCCCCCCCCCCC. The number of allylic oxidation sites excluding steroid dienone is 1. The Morgan fingerprint density at radius 1 is 0.569 bits per heavy atom. The van der Waals surface area contributed by atoms with Gasteiger partial charge in [-0.2, -0.15) is 0 Å². The molecule has 0 aromatic heterocycles. The fourth-order valence-electron chi connectivity index (χ4n) is 7.51. The molecule has 1 unspecified atom stereocenters. The van der Waals surface area contributed by atoms with Crippen LogP contribution in [0.2, 0.25) is 0 Å². The highest BCUT2D eigenvalue weighted by Crippen LogP contribution is 2.43. The summed E-state index contributed by atoms with van der Waals surface area (Å²) in [6, 6.07) is -0.839. The number of quaternary nitrogens is 1. The quantitative estimate of drug-likeness (QED) is 0.0244. The molecule has 0 aromatic rings. The fourth-order valence-corrected chi connectivity index (χ4v) is 8.25. The average molecular weight is 844 g/mol. The van der Waals surface area contributed by atoms with E-state index >= 15 is 0 Å². The van der Waals surface area contributed by atoms with Gasteiger partial charge in [-0.1, -0.05) is 231 Å². The summed E-state index contributed by atoms with van der Waals surface area (Å²) in [5.41, 5.74) is 0. The Bertz CT molecular complexity index is 958. The molecule has 0 spiro atoms. The number of carbonyl (C=O) groups is 1. The summed E-state index contributed by atoms with van der Waals surface area (Å²) in [6.45, 7) is 4.82. The van der Waals surface area contributed by atoms with Crippen LogP contribution in [0.25, 0.3) is 0 Å². The summed E-state index contributed by atoms with van der Waals surface area (Å²) >= 11 is 0. The molecule has 0 fully saturated rings. The monoisotopic (exact) mass is 844 g/mol. The lowest BCUT2D eigenvalue weighted by Gasteiger charge is -2.25. The minimum Gasteiger partial charge on any atom is -0.387 e. The van der Waals surface area contributed by atoms with Crippen molar-refractivity contribution in [2.24, 2.45) is 0 Å². The number of unbranched alkanes of at least 4 members (excludes halogenated alkanes) is 33. The fraction of sp³-hybridized carbons (Fsp3) is 0.939. The molecule has 0 saturated heterocycles. The number of phosphoric ester groups is 1. The Morgan fingerprint density at radius 3 is 1.28 bits per heavy atom. The zero-order chi connectivity index (χ0) is 42.8. The first-order valence-electron chi connectivity index (χ1n) is 25.1. The summed E-state index contributed by atoms with van der Waals surface area (Å²) in [5.74, 6) is -0.174. The molecule has 8 nitrogen and oxygen atoms in total. The Hall–Kier alpha value is -0.760. The lowest BCUT2D eigenvalue weighted by atomic mass is 10.0. The Labute approximate surface area is 361 Å². The van der Waals surface area contributed by atoms with Crippen LogP contribution in [0.1, 0.15) is 245 Å². The van der Waals surface area contributed by atoms with Crippen LogP contribution in [0.5, 0.6) is 0 Å². The van der Waals surface area contributed by atoms with E-state index in [0.29, 0.717) is 17.4 Å². The second-order valence-corrected chi connectivity index (χ2v) is 20.0. The molecule has 3 N–H and O–H groups in total. The van der Waals surface area contributed by atoms with Gasteiger partial charge >= 0.3 is 7.82 Å². The van der Waals surface area contributed by atoms with Crippen molar-refractivity contribution >= 4 is 13.7 Å². The van der Waals surface area contributed by atoms with Crippen molar-refractivity contribution in [3.05, 3.63) is 12.2 Å². The smallest absolute Gasteiger partial charge is 0.387 e. The minimum atomic E-state index is -4.33. The van der Waals surface area contributed by atoms with Crippen molar-refractivity contribution in [1.82, 2.24) is 5.32 Å². The maximum atomic E-state index is 12.9. The highest BCUT2D eigenvalue weighted by molar-refractivity contribution is 7.47. The Kier molecular flexibility index (Phi) is 41.0. The standard InChI is InChI=1S/C49H99N2O6P/c1-6-8-10-12-14-16-18-19-20-21-22-23-24-25-26-27-28-29-30-31-32-33-35-37-39-41-43-49(53)50-47(46-57-58(54,55)56-45-44-51(3,4)5)48(52)42-40-38-36-34-17-15-13-11-9-7-2/h40,42,47-48,52H,6-39,41,43-46H2,1-5H3,(H-,50,53,54,55)/p+1/b42-40+/t47-,48+/m0/s1. The third kappa shape index (κ3) is 43.3. The van der Waals surface area contributed by atoms with Crippen molar-refractivity contribution in [3.63, 3.8) is 0 Å². The van der Waals surface area contributed by atoms with Gasteiger partial charge in [0.2, 0.25) is 5.91 Å². The molecule has 1 amide bonds. The Balaban J connectivity index is 4.07. The van der Waals surface area contributed by atoms with Crippen molar-refractivity contribution in [2.45, 2.75) is 257 Å². The predicted octanol–water partition coefficient (Wildman–Crippen LogP) is 14.3. The molecule has 0 bridgehead atoms. The van der Waals surface area contributed by atoms with Crippen LogP contribution in [-0.4, -0.2) is 73.4 Å². The number of rotatable bonds is 46. The summed E-state index contributed by atoms with van der Waals surface area (Å²) in [4.78, 5) is 23.1. The van der Waals surface area contributed by atoms with Crippen molar-refractivity contribution in [2.75, 3.05) is 40.9 Å². The van der Waals surface area contributed by atoms with Crippen LogP contribution in [0.3, 0.4) is 0 Å². The largest absolute Gasteiger partial charge is 0.472 e. The molecule has 0 rings (SSSR count). The number of nitrogens with zero attached hydrogens (tertiary/aromatic N) is 1. The number of hydrogen-bond donors (Lipinski definition) is 3. The first-order chi connectivity index (χ1) is 28.0. The van der Waals surface area contributed by atoms with Gasteiger partial charge in [-0.15, -0.1) is 0 Å². The predicted molar refractivity (Wildman–Crippen MR) is 249 cm³/mol. The van der Waals surface area contributed by atoms with E-state index in [0.717, 1.165) is 38.5 Å². The molecule has 0 aliphatic carbocycles. The number of phosphoric acid groups is 1. The number of aliphatic hydroxyl groups excluding tert-OH is 1. The van der Waals surface area contributed by atoms with E-state index in [4.69, 9.17) is 9.05 Å². The molecule has 0 radical (unpaired) electrons. The van der Waals surface area contributed by atoms with E-state index in [1.54, 1.807) is 6.08 Å². The van der Waals surface area contributed by atoms with Crippen LogP contribution >= 0.6 is 7.82 Å². The van der Waals surface area contributed by atoms with Gasteiger partial charge in [0.15, 0.2) is 0 Å². The highest BCUT2D eigenvalue weighted by Gasteiger charge is 2.27. The summed E-state index contributed by atoms with van der Waals surface area (Å²) in [6.07, 6.45) is 48.8. The zero-order valence-corrected chi connectivity index (χ0v) is 40.2. The molecule has 9 heteroatoms. The molecule has 58 heavy (non-hydrogen) atoms. The van der Waals surface area contributed by atoms with Crippen molar-refractivity contribution < 1.29 is 32.9 Å². The van der Waals surface area contributed by atoms with E-state index in [1.807, 2.05) is 27.2 Å². The van der Waals surface area contributed by atoms with E-state index in [9.17, 15) is 19.4 Å². The molecule has 0 heterocycles. The van der Waals surface area contributed by atoms with Crippen molar-refractivity contribution in [1.29, 1.82) is 0 Å². The van der Waals surface area contributed by atoms with Gasteiger partial charge in [0.25, 0.3) is 0 Å². The van der Waals surface area contributed by atoms with Crippen LogP contribution in [0.4, 0.5) is 0 Å². The lowest BCUT2D eigenvalue weighted by molar-refractivity contribution is -0.870. The van der Waals surface area contributed by atoms with Gasteiger partial charge in [-0.25, -0.2) is 4.57 Å². The maximum absolute atomic E-state index is 12.9. The van der Waals surface area contributed by atoms with Gasteiger partial charge in [0, 0.05) is 6.42 Å². The molecule has 0 aliphatic heterocycles. The number of carbonyl (C=O) groups excluding carboxylic acids is 1. The summed E-state index contributed by atoms with van der Waals surface area (Å²) in [7, 11) is 1.58. The molecular formula is C49H100N2O6P+. The highest BCUT2D eigenvalue weighted by atomic mass is 31.2. The van der Waals surface area contributed by atoms with Crippen LogP contribution in [-0.2, 0) is 18.4 Å². The molecule has 0 aliphatic rings. The number of amides is 1. The van der Waals surface area contributed by atoms with Crippen LogP contribution in [0, 0.1) is 0 Å². The molecule has 3 atom stereocenters. The second kappa shape index (κ2) is 41.6. The summed E-state index contributed by atoms with van der Waals surface area (Å²) < 4.78 is 23.5. The van der Waals surface area contributed by atoms with E-state index in [1.165, 1.54) is 186 Å². The number of hydrogen-bond acceptors (Lipinski definition) is 5. The van der Waals surface area contributed by atoms with Gasteiger partial charge in [-0.3, -0.25) is 13.8 Å². The zero-order valence-electron chi connectivity index (χ0n) is 39.3. The van der Waals surface area contributed by atoms with Gasteiger partial charge in [0.05, 0.1) is 39.9 Å².